The van der Waals surface area contributed by atoms with Crippen LogP contribution in [0.25, 0.3) is 0 Å². The third-order valence-corrected chi connectivity index (χ3v) is 7.12. The Balaban J connectivity index is 1.19. The minimum absolute atomic E-state index is 0.0914. The van der Waals surface area contributed by atoms with E-state index in [4.69, 9.17) is 9.47 Å². The summed E-state index contributed by atoms with van der Waals surface area (Å²) < 4.78 is 10.7. The molecule has 0 aliphatic carbocycles. The lowest BCUT2D eigenvalue weighted by atomic mass is 9.96. The quantitative estimate of drug-likeness (QED) is 0.690. The van der Waals surface area contributed by atoms with Gasteiger partial charge in [0.15, 0.2) is 16.7 Å². The van der Waals surface area contributed by atoms with Gasteiger partial charge in [-0.15, -0.1) is 11.8 Å². The molecule has 2 aromatic rings. The van der Waals surface area contributed by atoms with Crippen LogP contribution in [-0.2, 0) is 20.9 Å². The first-order chi connectivity index (χ1) is 15.6. The summed E-state index contributed by atoms with van der Waals surface area (Å²) in [5.41, 5.74) is 1.64. The summed E-state index contributed by atoms with van der Waals surface area (Å²) in [6.45, 7) is 1.45. The first-order valence-electron chi connectivity index (χ1n) is 10.6. The fourth-order valence-corrected chi connectivity index (χ4v) is 5.23. The number of piperidine rings is 1. The SMILES string of the molecule is O=C(NCc1ccc2c(c1)OCO2)[C@H]1CCCN(C(=O)[C@@H]2Sc3ccccc3NC2=O)C1. The Bertz CT molecular complexity index is 1080. The standard InChI is InChI=1S/C23H23N3O5S/c27-21(24-11-14-7-8-17-18(10-14)31-13-30-17)15-4-3-9-26(12-15)23(29)20-22(28)25-16-5-1-2-6-19(16)32-20/h1-2,5-8,10,15,20H,3-4,9,11-13H2,(H,24,27)(H,25,28)/t15-,20+/m0/s1. The highest BCUT2D eigenvalue weighted by Crippen LogP contribution is 2.36. The van der Waals surface area contributed by atoms with E-state index in [2.05, 4.69) is 10.6 Å². The lowest BCUT2D eigenvalue weighted by Gasteiger charge is -2.35. The van der Waals surface area contributed by atoms with Crippen LogP contribution in [0.1, 0.15) is 18.4 Å². The van der Waals surface area contributed by atoms with Crippen molar-refractivity contribution in [1.82, 2.24) is 10.2 Å². The first-order valence-corrected chi connectivity index (χ1v) is 11.5. The van der Waals surface area contributed by atoms with Gasteiger partial charge >= 0.3 is 0 Å². The van der Waals surface area contributed by atoms with Crippen LogP contribution in [0.5, 0.6) is 11.5 Å². The maximum Gasteiger partial charge on any atom is 0.247 e. The summed E-state index contributed by atoms with van der Waals surface area (Å²) in [7, 11) is 0. The molecule has 0 unspecified atom stereocenters. The average Bonchev–Trinajstić information content (AvgIpc) is 3.29. The Hall–Kier alpha value is -3.20. The van der Waals surface area contributed by atoms with E-state index in [9.17, 15) is 14.4 Å². The molecule has 8 nitrogen and oxygen atoms in total. The number of rotatable bonds is 4. The molecule has 166 valence electrons. The topological polar surface area (TPSA) is 97.0 Å². The molecule has 5 rings (SSSR count). The molecule has 2 N–H and O–H groups in total. The van der Waals surface area contributed by atoms with Crippen molar-refractivity contribution in [3.05, 3.63) is 48.0 Å². The van der Waals surface area contributed by atoms with Crippen LogP contribution in [0, 0.1) is 5.92 Å². The van der Waals surface area contributed by atoms with Gasteiger partial charge in [-0.2, -0.15) is 0 Å². The molecule has 2 aromatic carbocycles. The van der Waals surface area contributed by atoms with Crippen molar-refractivity contribution in [3.63, 3.8) is 0 Å². The third-order valence-electron chi connectivity index (χ3n) is 5.86. The summed E-state index contributed by atoms with van der Waals surface area (Å²) in [6.07, 6.45) is 1.44. The van der Waals surface area contributed by atoms with Gasteiger partial charge in [-0.3, -0.25) is 14.4 Å². The van der Waals surface area contributed by atoms with E-state index in [1.807, 2.05) is 42.5 Å². The van der Waals surface area contributed by atoms with E-state index in [0.717, 1.165) is 22.6 Å². The van der Waals surface area contributed by atoms with Gasteiger partial charge in [0.25, 0.3) is 0 Å². The number of anilines is 1. The van der Waals surface area contributed by atoms with Crippen molar-refractivity contribution >= 4 is 35.2 Å². The number of hydrogen-bond donors (Lipinski definition) is 2. The fraction of sp³-hybridized carbons (Fsp3) is 0.348. The number of likely N-dealkylation sites (tertiary alicyclic amines) is 1. The van der Waals surface area contributed by atoms with Crippen LogP contribution in [0.2, 0.25) is 0 Å². The first kappa shape index (κ1) is 20.7. The van der Waals surface area contributed by atoms with E-state index < -0.39 is 5.25 Å². The highest BCUT2D eigenvalue weighted by molar-refractivity contribution is 8.01. The maximum absolute atomic E-state index is 13.1. The molecule has 0 saturated carbocycles. The number of nitrogens with zero attached hydrogens (tertiary/aromatic N) is 1. The number of hydrogen-bond acceptors (Lipinski definition) is 6. The monoisotopic (exact) mass is 453 g/mol. The molecule has 1 saturated heterocycles. The predicted molar refractivity (Wildman–Crippen MR) is 118 cm³/mol. The molecule has 3 aliphatic heterocycles. The van der Waals surface area contributed by atoms with E-state index in [-0.39, 0.29) is 30.4 Å². The number of ether oxygens (including phenoxy) is 2. The Morgan fingerprint density at radius 3 is 2.91 bits per heavy atom. The maximum atomic E-state index is 13.1. The molecule has 0 spiro atoms. The van der Waals surface area contributed by atoms with Gasteiger partial charge in [0, 0.05) is 24.5 Å². The largest absolute Gasteiger partial charge is 0.454 e. The lowest BCUT2D eigenvalue weighted by Crippen LogP contribution is -2.50. The average molecular weight is 454 g/mol. The number of fused-ring (bicyclic) bond motifs is 2. The van der Waals surface area contributed by atoms with Crippen LogP contribution in [0.15, 0.2) is 47.4 Å². The fourth-order valence-electron chi connectivity index (χ4n) is 4.16. The summed E-state index contributed by atoms with van der Waals surface area (Å²) in [5.74, 6) is 0.435. The van der Waals surface area contributed by atoms with Crippen molar-refractivity contribution in [1.29, 1.82) is 0 Å². The highest BCUT2D eigenvalue weighted by atomic mass is 32.2. The van der Waals surface area contributed by atoms with E-state index in [0.29, 0.717) is 37.6 Å². The van der Waals surface area contributed by atoms with Gasteiger partial charge in [0.2, 0.25) is 24.5 Å². The number of carbonyl (C=O) groups is 3. The van der Waals surface area contributed by atoms with Crippen LogP contribution in [-0.4, -0.2) is 47.8 Å². The van der Waals surface area contributed by atoms with Gasteiger partial charge in [0.05, 0.1) is 11.6 Å². The smallest absolute Gasteiger partial charge is 0.247 e. The van der Waals surface area contributed by atoms with Crippen LogP contribution in [0.3, 0.4) is 0 Å². The molecule has 2 atom stereocenters. The van der Waals surface area contributed by atoms with Crippen molar-refractivity contribution < 1.29 is 23.9 Å². The Kier molecular flexibility index (Phi) is 5.65. The van der Waals surface area contributed by atoms with Gasteiger partial charge in [-0.1, -0.05) is 18.2 Å². The van der Waals surface area contributed by atoms with Crippen LogP contribution >= 0.6 is 11.8 Å². The van der Waals surface area contributed by atoms with E-state index in [1.165, 1.54) is 11.8 Å². The molecule has 9 heteroatoms. The van der Waals surface area contributed by atoms with Gasteiger partial charge in [-0.05, 0) is 42.7 Å². The second-order valence-electron chi connectivity index (χ2n) is 8.01. The summed E-state index contributed by atoms with van der Waals surface area (Å²) >= 11 is 1.27. The van der Waals surface area contributed by atoms with Crippen molar-refractivity contribution in [3.8, 4) is 11.5 Å². The Labute approximate surface area is 189 Å². The van der Waals surface area contributed by atoms with Gasteiger partial charge in [0.1, 0.15) is 0 Å². The molecule has 3 heterocycles. The minimum atomic E-state index is -0.833. The van der Waals surface area contributed by atoms with Crippen molar-refractivity contribution in [2.45, 2.75) is 29.5 Å². The normalized spacial score (nSPS) is 21.5. The second kappa shape index (κ2) is 8.74. The molecule has 3 amide bonds. The Morgan fingerprint density at radius 1 is 1.16 bits per heavy atom. The third kappa shape index (κ3) is 4.12. The Morgan fingerprint density at radius 2 is 2.00 bits per heavy atom. The molecule has 0 radical (unpaired) electrons. The summed E-state index contributed by atoms with van der Waals surface area (Å²) in [5, 5.41) is 4.94. The summed E-state index contributed by atoms with van der Waals surface area (Å²) in [4.78, 5) is 41.0. The summed E-state index contributed by atoms with van der Waals surface area (Å²) in [6, 6.07) is 13.0. The zero-order chi connectivity index (χ0) is 22.1. The van der Waals surface area contributed by atoms with Gasteiger partial charge < -0.3 is 25.0 Å². The number of para-hydroxylation sites is 1. The molecular weight excluding hydrogens is 430 g/mol. The number of benzene rings is 2. The van der Waals surface area contributed by atoms with Crippen molar-refractivity contribution in [2.24, 2.45) is 5.92 Å². The number of amides is 3. The molecule has 3 aliphatic rings. The minimum Gasteiger partial charge on any atom is -0.454 e. The molecule has 0 aromatic heterocycles. The second-order valence-corrected chi connectivity index (χ2v) is 9.16. The molecule has 0 bridgehead atoms. The van der Waals surface area contributed by atoms with Gasteiger partial charge in [-0.25, -0.2) is 0 Å². The number of carbonyl (C=O) groups excluding carboxylic acids is 3. The lowest BCUT2D eigenvalue weighted by molar-refractivity contribution is -0.137. The van der Waals surface area contributed by atoms with E-state index >= 15 is 0 Å². The highest BCUT2D eigenvalue weighted by Gasteiger charge is 2.38. The predicted octanol–water partition coefficient (Wildman–Crippen LogP) is 2.38. The zero-order valence-corrected chi connectivity index (χ0v) is 18.2. The molecule has 1 fully saturated rings. The van der Waals surface area contributed by atoms with Crippen LogP contribution in [0.4, 0.5) is 5.69 Å². The zero-order valence-electron chi connectivity index (χ0n) is 17.3. The van der Waals surface area contributed by atoms with Crippen LogP contribution < -0.4 is 20.1 Å². The number of thioether (sulfide) groups is 1. The molecule has 32 heavy (non-hydrogen) atoms. The van der Waals surface area contributed by atoms with E-state index in [1.54, 1.807) is 4.90 Å². The number of nitrogens with one attached hydrogen (secondary N) is 2. The molecular formula is C23H23N3O5S. The van der Waals surface area contributed by atoms with Crippen molar-refractivity contribution in [2.75, 3.05) is 25.2 Å².